The minimum Gasteiger partial charge on any atom is -0.480 e. The van der Waals surface area contributed by atoms with Crippen LogP contribution in [0, 0.1) is 0 Å². The molecule has 2 unspecified atom stereocenters. The Kier molecular flexibility index (Phi) is 3.39. The molecule has 0 bridgehead atoms. The molecule has 0 aliphatic heterocycles. The zero-order valence-electron chi connectivity index (χ0n) is 9.67. The van der Waals surface area contributed by atoms with Crippen molar-refractivity contribution in [3.8, 4) is 0 Å². The van der Waals surface area contributed by atoms with Gasteiger partial charge in [0.05, 0.1) is 0 Å². The summed E-state index contributed by atoms with van der Waals surface area (Å²) in [5.41, 5.74) is 4.83. The number of carboxylic acid groups (broad SMARTS) is 1. The summed E-state index contributed by atoms with van der Waals surface area (Å²) in [7, 11) is 1.87. The van der Waals surface area contributed by atoms with Crippen molar-refractivity contribution in [3.05, 3.63) is 6.33 Å². The second-order valence-corrected chi connectivity index (χ2v) is 5.79. The van der Waals surface area contributed by atoms with E-state index in [9.17, 15) is 4.79 Å². The van der Waals surface area contributed by atoms with Crippen LogP contribution >= 0.6 is 11.8 Å². The van der Waals surface area contributed by atoms with Gasteiger partial charge in [-0.05, 0) is 25.7 Å². The minimum absolute atomic E-state index is 0.202. The molecule has 17 heavy (non-hydrogen) atoms. The van der Waals surface area contributed by atoms with Crippen molar-refractivity contribution in [1.29, 1.82) is 0 Å². The zero-order chi connectivity index (χ0) is 12.5. The molecule has 0 radical (unpaired) electrons. The average molecular weight is 256 g/mol. The van der Waals surface area contributed by atoms with Crippen molar-refractivity contribution >= 4 is 17.7 Å². The van der Waals surface area contributed by atoms with Gasteiger partial charge in [-0.15, -0.1) is 10.2 Å². The Morgan fingerprint density at radius 2 is 2.53 bits per heavy atom. The third-order valence-electron chi connectivity index (χ3n) is 3.11. The predicted molar refractivity (Wildman–Crippen MR) is 63.7 cm³/mol. The van der Waals surface area contributed by atoms with Crippen LogP contribution in [0.5, 0.6) is 0 Å². The summed E-state index contributed by atoms with van der Waals surface area (Å²) in [5.74, 6) is -0.902. The zero-order valence-corrected chi connectivity index (χ0v) is 10.5. The summed E-state index contributed by atoms with van der Waals surface area (Å²) in [4.78, 5) is 11.1. The van der Waals surface area contributed by atoms with Crippen LogP contribution in [-0.2, 0) is 11.8 Å². The van der Waals surface area contributed by atoms with E-state index in [4.69, 9.17) is 10.8 Å². The largest absolute Gasteiger partial charge is 0.480 e. The Balaban J connectivity index is 2.03. The molecule has 0 saturated heterocycles. The highest BCUT2D eigenvalue weighted by Gasteiger charge is 2.39. The summed E-state index contributed by atoms with van der Waals surface area (Å²) >= 11 is 1.56. The fourth-order valence-electron chi connectivity index (χ4n) is 2.08. The Morgan fingerprint density at radius 3 is 3.12 bits per heavy atom. The van der Waals surface area contributed by atoms with Gasteiger partial charge in [-0.25, -0.2) is 0 Å². The van der Waals surface area contributed by atoms with Crippen LogP contribution in [0.4, 0.5) is 0 Å². The van der Waals surface area contributed by atoms with Crippen molar-refractivity contribution in [3.63, 3.8) is 0 Å². The van der Waals surface area contributed by atoms with Crippen molar-refractivity contribution in [2.24, 2.45) is 12.8 Å². The predicted octanol–water partition coefficient (Wildman–Crippen LogP) is 0.632. The first-order valence-corrected chi connectivity index (χ1v) is 6.42. The van der Waals surface area contributed by atoms with Crippen LogP contribution in [0.1, 0.15) is 25.7 Å². The molecule has 1 aliphatic carbocycles. The second-order valence-electron chi connectivity index (χ2n) is 4.52. The highest BCUT2D eigenvalue weighted by atomic mass is 32.2. The molecule has 0 amide bonds. The summed E-state index contributed by atoms with van der Waals surface area (Å²) in [6.07, 6.45) is 4.50. The number of rotatable bonds is 3. The molecule has 94 valence electrons. The van der Waals surface area contributed by atoms with Crippen LogP contribution in [0.15, 0.2) is 11.5 Å². The molecule has 1 heterocycles. The molecule has 0 aromatic carbocycles. The maximum Gasteiger partial charge on any atom is 0.323 e. The van der Waals surface area contributed by atoms with E-state index in [-0.39, 0.29) is 5.25 Å². The molecule has 1 aromatic heterocycles. The lowest BCUT2D eigenvalue weighted by atomic mass is 9.82. The van der Waals surface area contributed by atoms with Gasteiger partial charge in [0, 0.05) is 12.3 Å². The highest BCUT2D eigenvalue weighted by molar-refractivity contribution is 7.99. The third-order valence-corrected chi connectivity index (χ3v) is 4.42. The standard InChI is InChI=1S/C10H16N4O2S/c1-14-6-12-13-9(14)17-7-3-2-4-10(11,5-7)8(15)16/h6-7H,2-5,11H2,1H3,(H,15,16). The highest BCUT2D eigenvalue weighted by Crippen LogP contribution is 2.36. The Hall–Kier alpha value is -1.08. The van der Waals surface area contributed by atoms with E-state index in [1.165, 1.54) is 0 Å². The van der Waals surface area contributed by atoms with E-state index in [0.29, 0.717) is 12.8 Å². The number of carboxylic acids is 1. The molecule has 1 saturated carbocycles. The maximum absolute atomic E-state index is 11.1. The summed E-state index contributed by atoms with van der Waals surface area (Å²) < 4.78 is 1.83. The fourth-order valence-corrected chi connectivity index (χ4v) is 3.35. The number of thioether (sulfide) groups is 1. The lowest BCUT2D eigenvalue weighted by Gasteiger charge is -2.33. The molecule has 1 aromatic rings. The Morgan fingerprint density at radius 1 is 1.76 bits per heavy atom. The average Bonchev–Trinajstić information content (AvgIpc) is 2.64. The van der Waals surface area contributed by atoms with Crippen molar-refractivity contribution in [2.75, 3.05) is 0 Å². The number of nitrogens with zero attached hydrogens (tertiary/aromatic N) is 3. The van der Waals surface area contributed by atoms with Crippen LogP contribution in [-0.4, -0.2) is 36.6 Å². The molecule has 3 N–H and O–H groups in total. The Labute approximate surface area is 104 Å². The number of hydrogen-bond acceptors (Lipinski definition) is 5. The summed E-state index contributed by atoms with van der Waals surface area (Å²) in [6, 6.07) is 0. The van der Waals surface area contributed by atoms with E-state index in [2.05, 4.69) is 10.2 Å². The molecule has 6 nitrogen and oxygen atoms in total. The van der Waals surface area contributed by atoms with Gasteiger partial charge in [0.1, 0.15) is 11.9 Å². The SMILES string of the molecule is Cn1cnnc1SC1CCCC(N)(C(=O)O)C1. The first kappa shape index (κ1) is 12.4. The fraction of sp³-hybridized carbons (Fsp3) is 0.700. The molecule has 2 atom stereocenters. The number of aryl methyl sites for hydroxylation is 1. The number of nitrogens with two attached hydrogens (primary N) is 1. The van der Waals surface area contributed by atoms with Gasteiger partial charge in [-0.2, -0.15) is 0 Å². The van der Waals surface area contributed by atoms with E-state index in [1.807, 2.05) is 11.6 Å². The monoisotopic (exact) mass is 256 g/mol. The maximum atomic E-state index is 11.1. The lowest BCUT2D eigenvalue weighted by molar-refractivity contribution is -0.144. The van der Waals surface area contributed by atoms with Crippen molar-refractivity contribution in [2.45, 2.75) is 41.6 Å². The van der Waals surface area contributed by atoms with Crippen molar-refractivity contribution < 1.29 is 9.90 Å². The quantitative estimate of drug-likeness (QED) is 0.824. The van der Waals surface area contributed by atoms with Gasteiger partial charge in [0.2, 0.25) is 0 Å². The van der Waals surface area contributed by atoms with E-state index in [0.717, 1.165) is 18.0 Å². The lowest BCUT2D eigenvalue weighted by Crippen LogP contribution is -2.51. The molecule has 0 spiro atoms. The van der Waals surface area contributed by atoms with Gasteiger partial charge in [-0.1, -0.05) is 11.8 Å². The van der Waals surface area contributed by atoms with Gasteiger partial charge < -0.3 is 15.4 Å². The number of hydrogen-bond donors (Lipinski definition) is 2. The summed E-state index contributed by atoms with van der Waals surface area (Å²) in [5, 5.41) is 17.9. The smallest absolute Gasteiger partial charge is 0.323 e. The van der Waals surface area contributed by atoms with E-state index >= 15 is 0 Å². The Bertz CT molecular complexity index is 422. The third kappa shape index (κ3) is 2.61. The molecule has 7 heteroatoms. The van der Waals surface area contributed by atoms with Gasteiger partial charge in [0.25, 0.3) is 0 Å². The molecule has 2 rings (SSSR count). The first-order valence-electron chi connectivity index (χ1n) is 5.54. The summed E-state index contributed by atoms with van der Waals surface area (Å²) in [6.45, 7) is 0. The minimum atomic E-state index is -1.07. The van der Waals surface area contributed by atoms with Crippen molar-refractivity contribution in [1.82, 2.24) is 14.8 Å². The van der Waals surface area contributed by atoms with Gasteiger partial charge >= 0.3 is 5.97 Å². The van der Waals surface area contributed by atoms with E-state index in [1.54, 1.807) is 18.1 Å². The molecule has 1 aliphatic rings. The van der Waals surface area contributed by atoms with Crippen LogP contribution in [0.3, 0.4) is 0 Å². The first-order chi connectivity index (χ1) is 8.01. The molecular formula is C10H16N4O2S. The topological polar surface area (TPSA) is 94.0 Å². The molecule has 1 fully saturated rings. The molecular weight excluding hydrogens is 240 g/mol. The van der Waals surface area contributed by atoms with Crippen LogP contribution in [0.2, 0.25) is 0 Å². The van der Waals surface area contributed by atoms with Crippen LogP contribution in [0.25, 0.3) is 0 Å². The van der Waals surface area contributed by atoms with Gasteiger partial charge in [-0.3, -0.25) is 4.79 Å². The number of carbonyl (C=O) groups is 1. The normalized spacial score (nSPS) is 29.2. The second kappa shape index (κ2) is 4.66. The van der Waals surface area contributed by atoms with E-state index < -0.39 is 11.5 Å². The number of aromatic nitrogens is 3. The van der Waals surface area contributed by atoms with Crippen LogP contribution < -0.4 is 5.73 Å². The van der Waals surface area contributed by atoms with Gasteiger partial charge in [0.15, 0.2) is 5.16 Å². The number of aliphatic carboxylic acids is 1.